The van der Waals surface area contributed by atoms with Crippen LogP contribution in [0.2, 0.25) is 0 Å². The maximum Gasteiger partial charge on any atom is 0.164 e. The molecule has 8 aromatic carbocycles. The zero-order chi connectivity index (χ0) is 40.0. The van der Waals surface area contributed by atoms with Gasteiger partial charge in [0.25, 0.3) is 0 Å². The zero-order valence-electron chi connectivity index (χ0n) is 33.2. The fraction of sp³-hybridized carbons (Fsp3) is 0.0727. The lowest BCUT2D eigenvalue weighted by Crippen LogP contribution is -2.02. The average molecular weight is 789 g/mol. The van der Waals surface area contributed by atoms with Gasteiger partial charge in [0.1, 0.15) is 0 Å². The molecule has 0 bridgehead atoms. The molecule has 0 spiro atoms. The highest BCUT2D eigenvalue weighted by atomic mass is 32.1. The molecule has 3 aromatic heterocycles. The van der Waals surface area contributed by atoms with Crippen molar-refractivity contribution in [1.82, 2.24) is 19.5 Å². The van der Waals surface area contributed by atoms with Gasteiger partial charge < -0.3 is 4.57 Å². The quantitative estimate of drug-likeness (QED) is 0.146. The zero-order valence-corrected chi connectivity index (χ0v) is 34.0. The maximum atomic E-state index is 5.16. The molecule has 0 N–H and O–H groups in total. The van der Waals surface area contributed by atoms with Gasteiger partial charge in [0.05, 0.1) is 16.7 Å². The Labute approximate surface area is 353 Å². The lowest BCUT2D eigenvalue weighted by atomic mass is 9.99. The third-order valence-corrected chi connectivity index (χ3v) is 12.9. The number of para-hydroxylation sites is 1. The summed E-state index contributed by atoms with van der Waals surface area (Å²) in [4.78, 5) is 15.3. The Balaban J connectivity index is 1.08. The number of hydrogen-bond donors (Lipinski definition) is 0. The number of aromatic nitrogens is 4. The van der Waals surface area contributed by atoms with Crippen molar-refractivity contribution in [3.05, 3.63) is 194 Å². The standard InChI is InChI=1S/C55H40N4S/c1-2-3-15-36-26-28-39(29-27-36)54-56-53(38-18-8-5-9-19-38)57-55(58-54)41-31-33-49(46(35-41)37-16-6-4-7-17-37)59-48-24-12-10-20-43(48)47-34-40(30-32-50(47)59)42-22-14-23-45-44-21-11-13-25-51(44)60-52(42)45/h4-14,16-35H,2-3,15H2,1H3. The normalized spacial score (nSPS) is 11.6. The van der Waals surface area contributed by atoms with E-state index in [1.807, 2.05) is 29.5 Å². The minimum absolute atomic E-state index is 0.639. The predicted molar refractivity (Wildman–Crippen MR) is 253 cm³/mol. The molecular weight excluding hydrogens is 749 g/mol. The molecule has 0 aliphatic rings. The first-order valence-corrected chi connectivity index (χ1v) is 21.6. The van der Waals surface area contributed by atoms with Crippen LogP contribution in [0.3, 0.4) is 0 Å². The minimum Gasteiger partial charge on any atom is -0.309 e. The van der Waals surface area contributed by atoms with E-state index in [9.17, 15) is 0 Å². The van der Waals surface area contributed by atoms with E-state index in [2.05, 4.69) is 181 Å². The molecule has 0 aliphatic heterocycles. The molecule has 0 aliphatic carbocycles. The van der Waals surface area contributed by atoms with Gasteiger partial charge in [-0.25, -0.2) is 15.0 Å². The van der Waals surface area contributed by atoms with Crippen molar-refractivity contribution in [1.29, 1.82) is 0 Å². The monoisotopic (exact) mass is 788 g/mol. The molecule has 5 heteroatoms. The van der Waals surface area contributed by atoms with Crippen molar-refractivity contribution >= 4 is 53.3 Å². The number of rotatable bonds is 9. The Morgan fingerprint density at radius 1 is 0.433 bits per heavy atom. The van der Waals surface area contributed by atoms with Crippen LogP contribution in [0.5, 0.6) is 0 Å². The number of nitrogens with zero attached hydrogens (tertiary/aromatic N) is 4. The van der Waals surface area contributed by atoms with E-state index in [-0.39, 0.29) is 0 Å². The van der Waals surface area contributed by atoms with E-state index < -0.39 is 0 Å². The number of fused-ring (bicyclic) bond motifs is 6. The average Bonchev–Trinajstić information content (AvgIpc) is 3.87. The molecule has 0 unspecified atom stereocenters. The van der Waals surface area contributed by atoms with Crippen molar-refractivity contribution in [2.45, 2.75) is 26.2 Å². The first-order chi connectivity index (χ1) is 29.7. The molecule has 0 atom stereocenters. The summed E-state index contributed by atoms with van der Waals surface area (Å²) in [5.74, 6) is 1.95. The second-order valence-corrected chi connectivity index (χ2v) is 16.5. The van der Waals surface area contributed by atoms with Crippen LogP contribution in [0.1, 0.15) is 25.3 Å². The Morgan fingerprint density at radius 2 is 1.03 bits per heavy atom. The van der Waals surface area contributed by atoms with Crippen molar-refractivity contribution in [3.63, 3.8) is 0 Å². The Bertz CT molecular complexity index is 3350. The van der Waals surface area contributed by atoms with Crippen LogP contribution in [-0.2, 0) is 6.42 Å². The summed E-state index contributed by atoms with van der Waals surface area (Å²) in [6, 6.07) is 67.4. The fourth-order valence-electron chi connectivity index (χ4n) is 8.65. The van der Waals surface area contributed by atoms with E-state index in [1.54, 1.807) is 0 Å². The Morgan fingerprint density at radius 3 is 1.80 bits per heavy atom. The fourth-order valence-corrected chi connectivity index (χ4v) is 9.88. The van der Waals surface area contributed by atoms with E-state index in [4.69, 9.17) is 15.0 Å². The third-order valence-electron chi connectivity index (χ3n) is 11.7. The van der Waals surface area contributed by atoms with Crippen molar-refractivity contribution < 1.29 is 0 Å². The van der Waals surface area contributed by atoms with E-state index in [1.165, 1.54) is 60.5 Å². The van der Waals surface area contributed by atoms with Gasteiger partial charge >= 0.3 is 0 Å². The molecule has 3 heterocycles. The van der Waals surface area contributed by atoms with Crippen LogP contribution in [0, 0.1) is 0 Å². The third kappa shape index (κ3) is 6.35. The Hall–Kier alpha value is -7.21. The molecule has 0 radical (unpaired) electrons. The number of hydrogen-bond acceptors (Lipinski definition) is 4. The van der Waals surface area contributed by atoms with Gasteiger partial charge in [-0.2, -0.15) is 0 Å². The van der Waals surface area contributed by atoms with Crippen LogP contribution >= 0.6 is 11.3 Å². The van der Waals surface area contributed by atoms with Gasteiger partial charge in [-0.1, -0.05) is 159 Å². The first kappa shape index (κ1) is 35.9. The van der Waals surface area contributed by atoms with Gasteiger partial charge in [-0.15, -0.1) is 11.3 Å². The highest BCUT2D eigenvalue weighted by Crippen LogP contribution is 2.43. The first-order valence-electron chi connectivity index (χ1n) is 20.7. The molecule has 4 nitrogen and oxygen atoms in total. The molecule has 286 valence electrons. The van der Waals surface area contributed by atoms with E-state index in [0.717, 1.165) is 51.0 Å². The molecule has 0 saturated carbocycles. The Kier molecular flexibility index (Phi) is 9.09. The lowest BCUT2D eigenvalue weighted by Gasteiger charge is -2.16. The van der Waals surface area contributed by atoms with Crippen molar-refractivity contribution in [2.24, 2.45) is 0 Å². The summed E-state index contributed by atoms with van der Waals surface area (Å²) >= 11 is 1.88. The van der Waals surface area contributed by atoms with Crippen LogP contribution in [0.15, 0.2) is 188 Å². The van der Waals surface area contributed by atoms with Gasteiger partial charge in [-0.3, -0.25) is 0 Å². The lowest BCUT2D eigenvalue weighted by molar-refractivity contribution is 0.795. The summed E-state index contributed by atoms with van der Waals surface area (Å²) in [5.41, 5.74) is 12.3. The molecule has 0 fully saturated rings. The molecule has 0 amide bonds. The van der Waals surface area contributed by atoms with Gasteiger partial charge in [-0.05, 0) is 77.6 Å². The molecule has 0 saturated heterocycles. The topological polar surface area (TPSA) is 43.6 Å². The second-order valence-electron chi connectivity index (χ2n) is 15.4. The van der Waals surface area contributed by atoms with Gasteiger partial charge in [0.2, 0.25) is 0 Å². The highest BCUT2D eigenvalue weighted by Gasteiger charge is 2.20. The largest absolute Gasteiger partial charge is 0.309 e. The maximum absolute atomic E-state index is 5.16. The summed E-state index contributed by atoms with van der Waals surface area (Å²) in [5, 5.41) is 5.07. The second kappa shape index (κ2) is 15.2. The molecule has 60 heavy (non-hydrogen) atoms. The van der Waals surface area contributed by atoms with Crippen LogP contribution < -0.4 is 0 Å². The van der Waals surface area contributed by atoms with Crippen LogP contribution in [-0.4, -0.2) is 19.5 Å². The number of thiophene rings is 1. The van der Waals surface area contributed by atoms with Crippen LogP contribution in [0.4, 0.5) is 0 Å². The molecule has 11 aromatic rings. The predicted octanol–water partition coefficient (Wildman–Crippen LogP) is 15.0. The summed E-state index contributed by atoms with van der Waals surface area (Å²) < 4.78 is 5.06. The number of benzene rings is 8. The SMILES string of the molecule is CCCCc1ccc(-c2nc(-c3ccccc3)nc(-c3ccc(-n4c5ccccc5c5cc(-c6cccc7c6sc6ccccc67)ccc54)c(-c4ccccc4)c3)n2)cc1. The molecule has 11 rings (SSSR count). The van der Waals surface area contributed by atoms with Gasteiger partial charge in [0, 0.05) is 53.2 Å². The van der Waals surface area contributed by atoms with Crippen molar-refractivity contribution in [2.75, 3.05) is 0 Å². The van der Waals surface area contributed by atoms with E-state index in [0.29, 0.717) is 17.5 Å². The summed E-state index contributed by atoms with van der Waals surface area (Å²) in [6.45, 7) is 2.23. The number of unbranched alkanes of at least 4 members (excludes halogenated alkanes) is 1. The van der Waals surface area contributed by atoms with E-state index >= 15 is 0 Å². The van der Waals surface area contributed by atoms with Crippen LogP contribution in [0.25, 0.3) is 104 Å². The summed E-state index contributed by atoms with van der Waals surface area (Å²) in [7, 11) is 0. The van der Waals surface area contributed by atoms with Gasteiger partial charge in [0.15, 0.2) is 17.5 Å². The number of aryl methyl sites for hydroxylation is 1. The highest BCUT2D eigenvalue weighted by molar-refractivity contribution is 7.26. The summed E-state index contributed by atoms with van der Waals surface area (Å²) in [6.07, 6.45) is 3.41. The van der Waals surface area contributed by atoms with Crippen molar-refractivity contribution in [3.8, 4) is 62.1 Å². The smallest absolute Gasteiger partial charge is 0.164 e. The molecular formula is C55H40N4S. The minimum atomic E-state index is 0.639.